The van der Waals surface area contributed by atoms with Gasteiger partial charge in [-0.1, -0.05) is 13.0 Å². The van der Waals surface area contributed by atoms with E-state index >= 15 is 0 Å². The number of carbonyl (C=O) groups is 1. The van der Waals surface area contributed by atoms with Gasteiger partial charge in [0.2, 0.25) is 5.91 Å². The summed E-state index contributed by atoms with van der Waals surface area (Å²) in [7, 11) is 1.52. The molecule has 0 atom stereocenters. The van der Waals surface area contributed by atoms with Crippen LogP contribution >= 0.6 is 0 Å². The van der Waals surface area contributed by atoms with E-state index in [9.17, 15) is 14.4 Å². The number of carbonyl (C=O) groups excluding carboxylic acids is 1. The van der Waals surface area contributed by atoms with Crippen molar-refractivity contribution in [3.63, 3.8) is 0 Å². The zero-order valence-electron chi connectivity index (χ0n) is 17.9. The molecule has 0 aliphatic heterocycles. The summed E-state index contributed by atoms with van der Waals surface area (Å²) in [6, 6.07) is 5.65. The number of rotatable bonds is 6. The molecule has 0 fully saturated rings. The van der Waals surface area contributed by atoms with Crippen molar-refractivity contribution in [2.24, 2.45) is 7.05 Å². The van der Waals surface area contributed by atoms with Crippen molar-refractivity contribution >= 4 is 22.6 Å². The Labute approximate surface area is 174 Å². The van der Waals surface area contributed by atoms with E-state index in [1.54, 1.807) is 6.20 Å². The fourth-order valence-corrected chi connectivity index (χ4v) is 3.56. The maximum atomic E-state index is 13.2. The molecule has 0 radical (unpaired) electrons. The molecule has 3 aromatic rings. The lowest BCUT2D eigenvalue weighted by Gasteiger charge is -2.15. The monoisotopic (exact) mass is 410 g/mol. The summed E-state index contributed by atoms with van der Waals surface area (Å²) in [5, 5.41) is 2.97. The summed E-state index contributed by atoms with van der Waals surface area (Å²) in [6.45, 7) is 7.57. The topological polar surface area (TPSA) is 95.2 Å². The number of aryl methyl sites for hydroxylation is 4. The van der Waals surface area contributed by atoms with Gasteiger partial charge in [-0.15, -0.1) is 0 Å². The summed E-state index contributed by atoms with van der Waals surface area (Å²) in [6.07, 6.45) is 2.23. The van der Waals surface area contributed by atoms with Crippen LogP contribution in [-0.2, 0) is 24.8 Å². The second-order valence-corrected chi connectivity index (χ2v) is 7.26. The number of fused-ring (bicyclic) bond motifs is 1. The second kappa shape index (κ2) is 8.52. The molecule has 0 unspecified atom stereocenters. The molecule has 8 nitrogen and oxygen atoms in total. The fraction of sp³-hybridized carbons (Fsp3) is 0.364. The minimum absolute atomic E-state index is 0.206. The van der Waals surface area contributed by atoms with Gasteiger partial charge in [-0.3, -0.25) is 14.2 Å². The highest BCUT2D eigenvalue weighted by atomic mass is 16.5. The highest BCUT2D eigenvalue weighted by Crippen LogP contribution is 2.25. The van der Waals surface area contributed by atoms with E-state index in [4.69, 9.17) is 4.74 Å². The predicted octanol–water partition coefficient (Wildman–Crippen LogP) is 2.31. The average molecular weight is 410 g/mol. The van der Waals surface area contributed by atoms with Crippen LogP contribution in [0.2, 0.25) is 0 Å². The van der Waals surface area contributed by atoms with Gasteiger partial charge < -0.3 is 10.1 Å². The summed E-state index contributed by atoms with van der Waals surface area (Å²) < 4.78 is 7.92. The standard InChI is InChI=1S/C22H26N4O4/c1-6-15-11-23-20-18(19(15)30-7-2)21(28)26(22(29)25(20)5)12-17(27)24-16-9-13(3)8-14(4)10-16/h8-11H,6-7,12H2,1-5H3,(H,24,27). The number of hydrogen-bond acceptors (Lipinski definition) is 5. The van der Waals surface area contributed by atoms with Crippen molar-refractivity contribution in [2.45, 2.75) is 40.7 Å². The molecule has 0 saturated carbocycles. The third kappa shape index (κ3) is 3.98. The first-order valence-corrected chi connectivity index (χ1v) is 9.89. The van der Waals surface area contributed by atoms with Crippen molar-refractivity contribution in [2.75, 3.05) is 11.9 Å². The smallest absolute Gasteiger partial charge is 0.332 e. The van der Waals surface area contributed by atoms with E-state index in [1.807, 2.05) is 45.9 Å². The largest absolute Gasteiger partial charge is 0.493 e. The number of aromatic nitrogens is 3. The molecule has 2 aromatic heterocycles. The van der Waals surface area contributed by atoms with Crippen molar-refractivity contribution in [1.82, 2.24) is 14.1 Å². The Kier molecular flexibility index (Phi) is 6.05. The van der Waals surface area contributed by atoms with Gasteiger partial charge in [0.15, 0.2) is 5.65 Å². The molecule has 30 heavy (non-hydrogen) atoms. The lowest BCUT2D eigenvalue weighted by Crippen LogP contribution is -2.42. The lowest BCUT2D eigenvalue weighted by molar-refractivity contribution is -0.116. The van der Waals surface area contributed by atoms with E-state index in [0.29, 0.717) is 24.5 Å². The predicted molar refractivity (Wildman–Crippen MR) is 116 cm³/mol. The Hall–Kier alpha value is -3.42. The molecular formula is C22H26N4O4. The quantitative estimate of drug-likeness (QED) is 0.673. The van der Waals surface area contributed by atoms with Crippen molar-refractivity contribution in [3.05, 3.63) is 61.9 Å². The number of nitrogens with zero attached hydrogens (tertiary/aromatic N) is 3. The Bertz CT molecular complexity index is 1220. The van der Waals surface area contributed by atoms with E-state index in [-0.39, 0.29) is 11.0 Å². The molecule has 0 saturated heterocycles. The van der Waals surface area contributed by atoms with Crippen molar-refractivity contribution in [3.8, 4) is 5.75 Å². The van der Waals surface area contributed by atoms with Gasteiger partial charge in [0.05, 0.1) is 6.61 Å². The van der Waals surface area contributed by atoms with E-state index in [0.717, 1.165) is 21.3 Å². The Balaban J connectivity index is 2.09. The molecule has 0 spiro atoms. The number of amides is 1. The van der Waals surface area contributed by atoms with Gasteiger partial charge in [0.1, 0.15) is 17.7 Å². The highest BCUT2D eigenvalue weighted by molar-refractivity contribution is 5.91. The van der Waals surface area contributed by atoms with Crippen molar-refractivity contribution < 1.29 is 9.53 Å². The first-order valence-electron chi connectivity index (χ1n) is 9.89. The van der Waals surface area contributed by atoms with Gasteiger partial charge in [0.25, 0.3) is 5.56 Å². The SMILES string of the molecule is CCOc1c(CC)cnc2c1c(=O)n(CC(=O)Nc1cc(C)cc(C)c1)c(=O)n2C. The molecule has 158 valence electrons. The normalized spacial score (nSPS) is 11.0. The second-order valence-electron chi connectivity index (χ2n) is 7.26. The maximum absolute atomic E-state index is 13.2. The van der Waals surface area contributed by atoms with Gasteiger partial charge >= 0.3 is 5.69 Å². The van der Waals surface area contributed by atoms with Crippen LogP contribution in [0.15, 0.2) is 34.0 Å². The van der Waals surface area contributed by atoms with E-state index in [1.165, 1.54) is 11.6 Å². The van der Waals surface area contributed by atoms with Crippen molar-refractivity contribution in [1.29, 1.82) is 0 Å². The summed E-state index contributed by atoms with van der Waals surface area (Å²) in [4.78, 5) is 42.9. The van der Waals surface area contributed by atoms with Crippen LogP contribution in [0.5, 0.6) is 5.75 Å². The Morgan fingerprint density at radius 1 is 1.13 bits per heavy atom. The summed E-state index contributed by atoms with van der Waals surface area (Å²) in [5.74, 6) is -0.0508. The first kappa shape index (κ1) is 21.3. The van der Waals surface area contributed by atoms with Crippen LogP contribution < -0.4 is 21.3 Å². The fourth-order valence-electron chi connectivity index (χ4n) is 3.56. The third-order valence-corrected chi connectivity index (χ3v) is 4.86. The van der Waals surface area contributed by atoms with Crippen LogP contribution in [0, 0.1) is 13.8 Å². The number of anilines is 1. The van der Waals surface area contributed by atoms with Crippen LogP contribution in [0.3, 0.4) is 0 Å². The summed E-state index contributed by atoms with van der Waals surface area (Å²) in [5.41, 5.74) is 2.43. The molecule has 1 N–H and O–H groups in total. The molecule has 3 rings (SSSR count). The zero-order chi connectivity index (χ0) is 22.0. The third-order valence-electron chi connectivity index (χ3n) is 4.86. The molecule has 0 bridgehead atoms. The molecule has 1 amide bonds. The highest BCUT2D eigenvalue weighted by Gasteiger charge is 2.20. The van der Waals surface area contributed by atoms with E-state index in [2.05, 4.69) is 10.3 Å². The first-order chi connectivity index (χ1) is 14.3. The number of benzene rings is 1. The minimum atomic E-state index is -0.609. The molecular weight excluding hydrogens is 384 g/mol. The Morgan fingerprint density at radius 2 is 1.80 bits per heavy atom. The van der Waals surface area contributed by atoms with Gasteiger partial charge in [-0.25, -0.2) is 14.3 Å². The molecule has 0 aliphatic rings. The molecule has 2 heterocycles. The minimum Gasteiger partial charge on any atom is -0.493 e. The van der Waals surface area contributed by atoms with Crippen LogP contribution in [0.25, 0.3) is 11.0 Å². The maximum Gasteiger partial charge on any atom is 0.332 e. The molecule has 1 aromatic carbocycles. The van der Waals surface area contributed by atoms with Gasteiger partial charge in [-0.2, -0.15) is 0 Å². The van der Waals surface area contributed by atoms with Gasteiger partial charge in [-0.05, 0) is 50.5 Å². The van der Waals surface area contributed by atoms with Crippen LogP contribution in [0.4, 0.5) is 5.69 Å². The lowest BCUT2D eigenvalue weighted by atomic mass is 10.1. The van der Waals surface area contributed by atoms with E-state index < -0.39 is 23.7 Å². The van der Waals surface area contributed by atoms with Crippen LogP contribution in [0.1, 0.15) is 30.5 Å². The van der Waals surface area contributed by atoms with Crippen LogP contribution in [-0.4, -0.2) is 26.6 Å². The number of pyridine rings is 1. The zero-order valence-corrected chi connectivity index (χ0v) is 17.9. The number of ether oxygens (including phenoxy) is 1. The Morgan fingerprint density at radius 3 is 2.40 bits per heavy atom. The average Bonchev–Trinajstić information content (AvgIpc) is 2.68. The number of nitrogens with one attached hydrogen (secondary N) is 1. The molecule has 0 aliphatic carbocycles. The van der Waals surface area contributed by atoms with Gasteiger partial charge in [0, 0.05) is 24.5 Å². The number of hydrogen-bond donors (Lipinski definition) is 1. The molecule has 8 heteroatoms. The summed E-state index contributed by atoms with van der Waals surface area (Å²) >= 11 is 0.